The molecule has 0 radical (unpaired) electrons. The Morgan fingerprint density at radius 2 is 1.84 bits per heavy atom. The third-order valence-electron chi connectivity index (χ3n) is 5.11. The average molecular weight is 442 g/mol. The molecule has 0 saturated carbocycles. The molecule has 4 rings (SSSR count). The highest BCUT2D eigenvalue weighted by atomic mass is 32.2. The molecule has 1 aliphatic rings. The molecule has 1 amide bonds. The molecule has 0 aliphatic carbocycles. The van der Waals surface area contributed by atoms with Gasteiger partial charge in [0.05, 0.1) is 18.1 Å². The summed E-state index contributed by atoms with van der Waals surface area (Å²) in [6.07, 6.45) is 0.945. The molecular formula is C22H23N3O5S. The van der Waals surface area contributed by atoms with Crippen molar-refractivity contribution in [3.8, 4) is 11.3 Å². The number of amides is 1. The van der Waals surface area contributed by atoms with E-state index in [9.17, 15) is 13.2 Å². The van der Waals surface area contributed by atoms with E-state index in [1.54, 1.807) is 18.2 Å². The van der Waals surface area contributed by atoms with E-state index in [-0.39, 0.29) is 16.3 Å². The molecule has 2 aromatic carbocycles. The number of nitrogens with zero attached hydrogens (tertiary/aromatic N) is 2. The van der Waals surface area contributed by atoms with Crippen molar-refractivity contribution in [2.24, 2.45) is 0 Å². The Kier molecular flexibility index (Phi) is 6.17. The Bertz CT molecular complexity index is 1170. The molecule has 1 aromatic heterocycles. The largest absolute Gasteiger partial charge is 0.379 e. The second kappa shape index (κ2) is 9.01. The zero-order chi connectivity index (χ0) is 21.8. The Labute approximate surface area is 180 Å². The summed E-state index contributed by atoms with van der Waals surface area (Å²) < 4.78 is 37.5. The Morgan fingerprint density at radius 1 is 1.10 bits per heavy atom. The van der Waals surface area contributed by atoms with Gasteiger partial charge >= 0.3 is 0 Å². The Balaban J connectivity index is 1.49. The lowest BCUT2D eigenvalue weighted by Crippen LogP contribution is -2.40. The molecule has 0 bridgehead atoms. The average Bonchev–Trinajstić information content (AvgIpc) is 3.28. The first-order valence-corrected chi connectivity index (χ1v) is 11.5. The van der Waals surface area contributed by atoms with Gasteiger partial charge in [-0.3, -0.25) is 10.1 Å². The van der Waals surface area contributed by atoms with Crippen molar-refractivity contribution < 1.29 is 22.5 Å². The van der Waals surface area contributed by atoms with Crippen molar-refractivity contribution in [1.82, 2.24) is 9.46 Å². The first-order valence-electron chi connectivity index (χ1n) is 10.0. The number of carbonyl (C=O) groups excluding carboxylic acids is 1. The molecule has 1 saturated heterocycles. The highest BCUT2D eigenvalue weighted by Crippen LogP contribution is 2.23. The van der Waals surface area contributed by atoms with Gasteiger partial charge in [0.1, 0.15) is 5.69 Å². The second-order valence-corrected chi connectivity index (χ2v) is 9.06. The van der Waals surface area contributed by atoms with E-state index in [1.165, 1.54) is 22.0 Å². The minimum Gasteiger partial charge on any atom is -0.379 e. The predicted octanol–water partition coefficient (Wildman–Crippen LogP) is 3.18. The van der Waals surface area contributed by atoms with E-state index in [1.807, 2.05) is 24.3 Å². The molecule has 9 heteroatoms. The quantitative estimate of drug-likeness (QED) is 0.630. The summed E-state index contributed by atoms with van der Waals surface area (Å²) in [5.74, 6) is -0.302. The molecule has 1 aliphatic heterocycles. The van der Waals surface area contributed by atoms with Crippen LogP contribution in [0.2, 0.25) is 0 Å². The number of aromatic nitrogens is 1. The van der Waals surface area contributed by atoms with E-state index < -0.39 is 15.9 Å². The fourth-order valence-corrected chi connectivity index (χ4v) is 4.75. The number of ether oxygens (including phenoxy) is 1. The molecule has 0 unspecified atom stereocenters. The molecule has 162 valence electrons. The smallest absolute Gasteiger partial charge is 0.258 e. The Hall–Kier alpha value is -3.01. The first kappa shape index (κ1) is 21.2. The van der Waals surface area contributed by atoms with Gasteiger partial charge in [0.15, 0.2) is 0 Å². The van der Waals surface area contributed by atoms with Crippen LogP contribution in [0.3, 0.4) is 0 Å². The van der Waals surface area contributed by atoms with Gasteiger partial charge < -0.3 is 9.26 Å². The number of morpholine rings is 1. The van der Waals surface area contributed by atoms with Crippen LogP contribution in [-0.4, -0.2) is 50.1 Å². The summed E-state index contributed by atoms with van der Waals surface area (Å²) in [5.41, 5.74) is 2.90. The molecule has 1 fully saturated rings. The van der Waals surface area contributed by atoms with E-state index in [0.29, 0.717) is 32.0 Å². The number of aryl methyl sites for hydroxylation is 1. The van der Waals surface area contributed by atoms with Crippen LogP contribution in [0, 0.1) is 0 Å². The fraction of sp³-hybridized carbons (Fsp3) is 0.273. The van der Waals surface area contributed by atoms with Crippen molar-refractivity contribution in [1.29, 1.82) is 0 Å². The molecule has 8 nitrogen and oxygen atoms in total. The van der Waals surface area contributed by atoms with Crippen LogP contribution in [0.25, 0.3) is 11.3 Å². The number of hydrogen-bond donors (Lipinski definition) is 1. The van der Waals surface area contributed by atoms with E-state index in [0.717, 1.165) is 12.0 Å². The van der Waals surface area contributed by atoms with E-state index >= 15 is 0 Å². The summed E-state index contributed by atoms with van der Waals surface area (Å²) >= 11 is 0. The maximum absolute atomic E-state index is 12.8. The van der Waals surface area contributed by atoms with Crippen LogP contribution in [0.4, 0.5) is 5.88 Å². The first-order chi connectivity index (χ1) is 15.0. The zero-order valence-corrected chi connectivity index (χ0v) is 17.9. The van der Waals surface area contributed by atoms with Gasteiger partial charge in [0, 0.05) is 30.3 Å². The highest BCUT2D eigenvalue weighted by molar-refractivity contribution is 7.89. The van der Waals surface area contributed by atoms with Crippen molar-refractivity contribution in [2.45, 2.75) is 18.2 Å². The van der Waals surface area contributed by atoms with Gasteiger partial charge in [-0.05, 0) is 30.2 Å². The maximum Gasteiger partial charge on any atom is 0.258 e. The van der Waals surface area contributed by atoms with E-state index in [4.69, 9.17) is 9.26 Å². The number of nitrogens with one attached hydrogen (secondary N) is 1. The molecule has 2 heterocycles. The summed E-state index contributed by atoms with van der Waals surface area (Å²) in [7, 11) is -3.69. The fourth-order valence-electron chi connectivity index (χ4n) is 3.30. The van der Waals surface area contributed by atoms with Gasteiger partial charge in [0.25, 0.3) is 5.91 Å². The topological polar surface area (TPSA) is 102 Å². The maximum atomic E-state index is 12.8. The standard InChI is InChI=1S/C22H23N3O5S/c1-2-16-6-8-17(9-7-16)20-15-21(30-24-20)23-22(26)18-4-3-5-19(14-18)31(27,28)25-10-12-29-13-11-25/h3-9,14-15H,2,10-13H2,1H3,(H,23,26). The van der Waals surface area contributed by atoms with Crippen molar-refractivity contribution >= 4 is 21.8 Å². The molecule has 1 N–H and O–H groups in total. The normalized spacial score (nSPS) is 15.0. The lowest BCUT2D eigenvalue weighted by Gasteiger charge is -2.26. The minimum absolute atomic E-state index is 0.0660. The summed E-state index contributed by atoms with van der Waals surface area (Å²) in [4.78, 5) is 12.7. The van der Waals surface area contributed by atoms with Gasteiger partial charge in [0.2, 0.25) is 15.9 Å². The molecule has 31 heavy (non-hydrogen) atoms. The number of sulfonamides is 1. The lowest BCUT2D eigenvalue weighted by molar-refractivity contribution is 0.0730. The molecule has 0 spiro atoms. The zero-order valence-electron chi connectivity index (χ0n) is 17.1. The van der Waals surface area contributed by atoms with Gasteiger partial charge in [-0.2, -0.15) is 4.31 Å². The monoisotopic (exact) mass is 441 g/mol. The molecule has 3 aromatic rings. The van der Waals surface area contributed by atoms with Crippen molar-refractivity contribution in [3.05, 3.63) is 65.7 Å². The highest BCUT2D eigenvalue weighted by Gasteiger charge is 2.27. The van der Waals surface area contributed by atoms with Crippen molar-refractivity contribution in [3.63, 3.8) is 0 Å². The number of anilines is 1. The lowest BCUT2D eigenvalue weighted by atomic mass is 10.1. The number of hydrogen-bond acceptors (Lipinski definition) is 6. The minimum atomic E-state index is -3.69. The molecular weight excluding hydrogens is 418 g/mol. The summed E-state index contributed by atoms with van der Waals surface area (Å²) in [5, 5.41) is 6.64. The van der Waals surface area contributed by atoms with Crippen LogP contribution in [-0.2, 0) is 21.2 Å². The van der Waals surface area contributed by atoms with Gasteiger partial charge in [-0.15, -0.1) is 0 Å². The van der Waals surface area contributed by atoms with Crippen LogP contribution in [0.1, 0.15) is 22.8 Å². The van der Waals surface area contributed by atoms with Crippen molar-refractivity contribution in [2.75, 3.05) is 31.6 Å². The van der Waals surface area contributed by atoms with Gasteiger partial charge in [-0.25, -0.2) is 8.42 Å². The molecule has 0 atom stereocenters. The van der Waals surface area contributed by atoms with Crippen LogP contribution in [0.15, 0.2) is 64.0 Å². The number of carbonyl (C=O) groups is 1. The van der Waals surface area contributed by atoms with Crippen LogP contribution >= 0.6 is 0 Å². The van der Waals surface area contributed by atoms with Gasteiger partial charge in [-0.1, -0.05) is 42.4 Å². The SMILES string of the molecule is CCc1ccc(-c2cc(NC(=O)c3cccc(S(=O)(=O)N4CCOCC4)c3)on2)cc1. The number of benzene rings is 2. The van der Waals surface area contributed by atoms with Crippen LogP contribution < -0.4 is 5.32 Å². The third-order valence-corrected chi connectivity index (χ3v) is 7.00. The Morgan fingerprint density at radius 3 is 2.55 bits per heavy atom. The van der Waals surface area contributed by atoms with E-state index in [2.05, 4.69) is 17.4 Å². The summed E-state index contributed by atoms with van der Waals surface area (Å²) in [6, 6.07) is 15.5. The third kappa shape index (κ3) is 4.68. The summed E-state index contributed by atoms with van der Waals surface area (Å²) in [6.45, 7) is 3.38. The van der Waals surface area contributed by atoms with Crippen LogP contribution in [0.5, 0.6) is 0 Å². The number of rotatable bonds is 6. The predicted molar refractivity (Wildman–Crippen MR) is 115 cm³/mol. The second-order valence-electron chi connectivity index (χ2n) is 7.13.